The minimum absolute atomic E-state index is 0.0360. The molecule has 1 amide bonds. The summed E-state index contributed by atoms with van der Waals surface area (Å²) >= 11 is 0. The number of anilines is 2. The van der Waals surface area contributed by atoms with Crippen LogP contribution < -0.4 is 24.6 Å². The van der Waals surface area contributed by atoms with Gasteiger partial charge in [0.2, 0.25) is 0 Å². The van der Waals surface area contributed by atoms with Crippen LogP contribution in [0.3, 0.4) is 0 Å². The van der Waals surface area contributed by atoms with Gasteiger partial charge in [-0.3, -0.25) is 4.79 Å². The molecule has 2 aromatic carbocycles. The molecule has 1 fully saturated rings. The van der Waals surface area contributed by atoms with Gasteiger partial charge in [-0.2, -0.15) is 0 Å². The number of benzene rings is 2. The third-order valence-electron chi connectivity index (χ3n) is 5.37. The average molecular weight is 382 g/mol. The molecule has 0 saturated carbocycles. The van der Waals surface area contributed by atoms with Gasteiger partial charge in [0, 0.05) is 23.9 Å². The highest BCUT2D eigenvalue weighted by Gasteiger charge is 2.23. The molecule has 6 heteroatoms. The quantitative estimate of drug-likeness (QED) is 0.842. The molecule has 0 unspecified atom stereocenters. The first-order valence-electron chi connectivity index (χ1n) is 10.0. The molecule has 0 aromatic heterocycles. The minimum atomic E-state index is 0.0360. The second-order valence-electron chi connectivity index (χ2n) is 7.46. The Kier molecular flexibility index (Phi) is 5.67. The molecular weight excluding hydrogens is 354 g/mol. The predicted molar refractivity (Wildman–Crippen MR) is 110 cm³/mol. The number of rotatable bonds is 4. The highest BCUT2D eigenvalue weighted by Crippen LogP contribution is 2.32. The summed E-state index contributed by atoms with van der Waals surface area (Å²) in [5, 5.41) is 3.00. The summed E-state index contributed by atoms with van der Waals surface area (Å²) < 4.78 is 11.3. The van der Waals surface area contributed by atoms with E-state index in [1.54, 1.807) is 0 Å². The molecule has 2 heterocycles. The first-order chi connectivity index (χ1) is 13.7. The third kappa shape index (κ3) is 4.39. The van der Waals surface area contributed by atoms with Gasteiger partial charge >= 0.3 is 0 Å². The Morgan fingerprint density at radius 3 is 2.61 bits per heavy atom. The number of hydrogen-bond donors (Lipinski definition) is 2. The van der Waals surface area contributed by atoms with Crippen molar-refractivity contribution in [2.75, 3.05) is 56.2 Å². The van der Waals surface area contributed by atoms with Crippen molar-refractivity contribution in [2.45, 2.75) is 13.3 Å². The van der Waals surface area contributed by atoms with Gasteiger partial charge in [0.1, 0.15) is 0 Å². The maximum absolute atomic E-state index is 12.5. The fraction of sp³-hybridized carbons (Fsp3) is 0.409. The number of amides is 1. The first kappa shape index (κ1) is 18.6. The Morgan fingerprint density at radius 2 is 1.82 bits per heavy atom. The van der Waals surface area contributed by atoms with Crippen LogP contribution in [0.15, 0.2) is 42.5 Å². The number of carbonyl (C=O) groups excluding carboxylic acids is 1. The van der Waals surface area contributed by atoms with Gasteiger partial charge in [0.05, 0.1) is 39.4 Å². The SMILES string of the molecule is Cc1ccccc1N1CC[NH+](CC(=O)Nc2ccc3c(c2)OCCCO3)CC1. The summed E-state index contributed by atoms with van der Waals surface area (Å²) in [6.45, 7) is 7.80. The Labute approximate surface area is 166 Å². The average Bonchev–Trinajstić information content (AvgIpc) is 2.94. The van der Waals surface area contributed by atoms with Crippen molar-refractivity contribution in [3.8, 4) is 11.5 Å². The second kappa shape index (κ2) is 8.52. The van der Waals surface area contributed by atoms with Crippen molar-refractivity contribution >= 4 is 17.3 Å². The van der Waals surface area contributed by atoms with Crippen molar-refractivity contribution in [1.29, 1.82) is 0 Å². The number of nitrogens with one attached hydrogen (secondary N) is 2. The Balaban J connectivity index is 1.29. The number of hydrogen-bond acceptors (Lipinski definition) is 4. The summed E-state index contributed by atoms with van der Waals surface area (Å²) in [4.78, 5) is 16.2. The van der Waals surface area contributed by atoms with Crippen LogP contribution in [0, 0.1) is 6.92 Å². The van der Waals surface area contributed by atoms with Crippen LogP contribution in [0.1, 0.15) is 12.0 Å². The normalized spacial score (nSPS) is 17.1. The molecule has 148 valence electrons. The molecule has 6 nitrogen and oxygen atoms in total. The van der Waals surface area contributed by atoms with E-state index in [0.29, 0.717) is 25.5 Å². The lowest BCUT2D eigenvalue weighted by atomic mass is 10.1. The Hall–Kier alpha value is -2.73. The third-order valence-corrected chi connectivity index (χ3v) is 5.37. The van der Waals surface area contributed by atoms with Gasteiger partial charge < -0.3 is 24.6 Å². The number of fused-ring (bicyclic) bond motifs is 1. The highest BCUT2D eigenvalue weighted by atomic mass is 16.5. The smallest absolute Gasteiger partial charge is 0.279 e. The van der Waals surface area contributed by atoms with Gasteiger partial charge in [0.25, 0.3) is 5.91 Å². The van der Waals surface area contributed by atoms with Gasteiger partial charge in [-0.05, 0) is 30.7 Å². The van der Waals surface area contributed by atoms with Crippen molar-refractivity contribution in [3.63, 3.8) is 0 Å². The molecule has 2 aliphatic rings. The van der Waals surface area contributed by atoms with E-state index < -0.39 is 0 Å². The summed E-state index contributed by atoms with van der Waals surface area (Å²) in [7, 11) is 0. The lowest BCUT2D eigenvalue weighted by Crippen LogP contribution is -3.15. The van der Waals surface area contributed by atoms with Crippen LogP contribution in [0.4, 0.5) is 11.4 Å². The number of ether oxygens (including phenoxy) is 2. The van der Waals surface area contributed by atoms with Crippen LogP contribution in [-0.4, -0.2) is 51.8 Å². The molecule has 0 bridgehead atoms. The molecule has 0 aliphatic carbocycles. The molecule has 2 aliphatic heterocycles. The van der Waals surface area contributed by atoms with E-state index in [4.69, 9.17) is 9.47 Å². The lowest BCUT2D eigenvalue weighted by molar-refractivity contribution is -0.892. The zero-order valence-electron chi connectivity index (χ0n) is 16.4. The van der Waals surface area contributed by atoms with Gasteiger partial charge in [-0.15, -0.1) is 0 Å². The van der Waals surface area contributed by atoms with Gasteiger partial charge in [-0.25, -0.2) is 0 Å². The minimum Gasteiger partial charge on any atom is -0.490 e. The van der Waals surface area contributed by atoms with Crippen molar-refractivity contribution in [3.05, 3.63) is 48.0 Å². The predicted octanol–water partition coefficient (Wildman–Crippen LogP) is 1.50. The van der Waals surface area contributed by atoms with Crippen LogP contribution in [0.2, 0.25) is 0 Å². The molecule has 28 heavy (non-hydrogen) atoms. The molecule has 1 saturated heterocycles. The largest absolute Gasteiger partial charge is 0.490 e. The standard InChI is InChI=1S/C22H27N3O3/c1-17-5-2-3-6-19(17)25-11-9-24(10-12-25)16-22(26)23-18-7-8-20-21(15-18)28-14-4-13-27-20/h2-3,5-8,15H,4,9-14,16H2,1H3,(H,23,26)/p+1. The number of nitrogens with zero attached hydrogens (tertiary/aromatic N) is 1. The van der Waals surface area contributed by atoms with Crippen molar-refractivity contribution in [1.82, 2.24) is 0 Å². The number of para-hydroxylation sites is 1. The first-order valence-corrected chi connectivity index (χ1v) is 10.0. The van der Waals surface area contributed by atoms with E-state index in [0.717, 1.165) is 44.0 Å². The van der Waals surface area contributed by atoms with Gasteiger partial charge in [0.15, 0.2) is 18.0 Å². The maximum atomic E-state index is 12.5. The molecule has 4 rings (SSSR count). The zero-order valence-corrected chi connectivity index (χ0v) is 16.4. The van der Waals surface area contributed by atoms with E-state index in [9.17, 15) is 4.79 Å². The monoisotopic (exact) mass is 382 g/mol. The van der Waals surface area contributed by atoms with E-state index in [1.165, 1.54) is 16.2 Å². The van der Waals surface area contributed by atoms with Gasteiger partial charge in [-0.1, -0.05) is 18.2 Å². The van der Waals surface area contributed by atoms with Crippen molar-refractivity contribution < 1.29 is 19.2 Å². The number of piperazine rings is 1. The van der Waals surface area contributed by atoms with E-state index in [1.807, 2.05) is 18.2 Å². The maximum Gasteiger partial charge on any atom is 0.279 e. The van der Waals surface area contributed by atoms with E-state index in [-0.39, 0.29) is 5.91 Å². The van der Waals surface area contributed by atoms with Crippen LogP contribution in [0.25, 0.3) is 0 Å². The summed E-state index contributed by atoms with van der Waals surface area (Å²) in [5.41, 5.74) is 3.36. The molecule has 2 N–H and O–H groups in total. The molecule has 2 aromatic rings. The van der Waals surface area contributed by atoms with E-state index >= 15 is 0 Å². The number of quaternary nitrogens is 1. The molecule has 0 atom stereocenters. The second-order valence-corrected chi connectivity index (χ2v) is 7.46. The molecular formula is C22H28N3O3+. The van der Waals surface area contributed by atoms with E-state index in [2.05, 4.69) is 41.4 Å². The highest BCUT2D eigenvalue weighted by molar-refractivity contribution is 5.91. The fourth-order valence-electron chi connectivity index (χ4n) is 3.83. The molecule has 0 radical (unpaired) electrons. The number of carbonyl (C=O) groups is 1. The topological polar surface area (TPSA) is 55.2 Å². The zero-order chi connectivity index (χ0) is 19.3. The lowest BCUT2D eigenvalue weighted by Gasteiger charge is -2.34. The van der Waals surface area contributed by atoms with Crippen LogP contribution >= 0.6 is 0 Å². The van der Waals surface area contributed by atoms with Crippen molar-refractivity contribution in [2.24, 2.45) is 0 Å². The fourth-order valence-corrected chi connectivity index (χ4v) is 3.83. The van der Waals surface area contributed by atoms with Crippen LogP contribution in [0.5, 0.6) is 11.5 Å². The molecule has 0 spiro atoms. The summed E-state index contributed by atoms with van der Waals surface area (Å²) in [5.74, 6) is 1.48. The Bertz CT molecular complexity index is 832. The summed E-state index contributed by atoms with van der Waals surface area (Å²) in [6, 6.07) is 14.1. The summed E-state index contributed by atoms with van der Waals surface area (Å²) in [6.07, 6.45) is 0.869. The Morgan fingerprint density at radius 1 is 1.07 bits per heavy atom. The van der Waals surface area contributed by atoms with Crippen LogP contribution in [-0.2, 0) is 4.79 Å². The number of aryl methyl sites for hydroxylation is 1.